The molecule has 0 aliphatic heterocycles. The molecular weight excluding hydrogens is 390 g/mol. The summed E-state index contributed by atoms with van der Waals surface area (Å²) in [6.07, 6.45) is 6.36. The molecule has 6 nitrogen and oxygen atoms in total. The molecule has 7 heteroatoms. The number of aliphatic carboxylic acids is 1. The quantitative estimate of drug-likeness (QED) is 0.652. The summed E-state index contributed by atoms with van der Waals surface area (Å²) in [4.78, 5) is 38.6. The molecule has 3 atom stereocenters. The Labute approximate surface area is 176 Å². The number of esters is 1. The van der Waals surface area contributed by atoms with E-state index in [4.69, 9.17) is 4.74 Å². The third kappa shape index (κ3) is 4.82. The lowest BCUT2D eigenvalue weighted by atomic mass is 9.78. The van der Waals surface area contributed by atoms with Gasteiger partial charge in [-0.1, -0.05) is 26.2 Å². The van der Waals surface area contributed by atoms with E-state index in [0.717, 1.165) is 49.0 Å². The average molecular weight is 422 g/mol. The van der Waals surface area contributed by atoms with E-state index in [2.05, 4.69) is 12.2 Å². The number of nitrogens with one attached hydrogen (secondary N) is 1. The van der Waals surface area contributed by atoms with Gasteiger partial charge in [-0.3, -0.25) is 9.59 Å². The third-order valence-corrected chi connectivity index (χ3v) is 7.32. The monoisotopic (exact) mass is 421 g/mol. The second-order valence-electron chi connectivity index (χ2n) is 8.50. The van der Waals surface area contributed by atoms with Gasteiger partial charge in [0.2, 0.25) is 5.91 Å². The minimum atomic E-state index is -0.916. The Morgan fingerprint density at radius 2 is 1.86 bits per heavy atom. The van der Waals surface area contributed by atoms with Crippen LogP contribution in [0.3, 0.4) is 0 Å². The summed E-state index contributed by atoms with van der Waals surface area (Å²) in [6, 6.07) is 0. The van der Waals surface area contributed by atoms with Crippen molar-refractivity contribution in [2.45, 2.75) is 78.2 Å². The van der Waals surface area contributed by atoms with Crippen LogP contribution in [0.5, 0.6) is 0 Å². The lowest BCUT2D eigenvalue weighted by molar-refractivity contribution is -0.147. The lowest BCUT2D eigenvalue weighted by Crippen LogP contribution is -2.36. The molecular formula is C22H31NO5S. The van der Waals surface area contributed by atoms with Crippen LogP contribution in [-0.4, -0.2) is 29.1 Å². The van der Waals surface area contributed by atoms with Crippen LogP contribution >= 0.6 is 11.3 Å². The molecule has 0 saturated heterocycles. The number of carboxylic acids is 1. The zero-order chi connectivity index (χ0) is 21.1. The predicted octanol–water partition coefficient (Wildman–Crippen LogP) is 4.66. The second kappa shape index (κ2) is 9.28. The lowest BCUT2D eigenvalue weighted by Gasteiger charge is -2.27. The summed E-state index contributed by atoms with van der Waals surface area (Å²) < 4.78 is 5.46. The van der Waals surface area contributed by atoms with E-state index in [1.165, 1.54) is 11.3 Å². The largest absolute Gasteiger partial charge is 0.481 e. The van der Waals surface area contributed by atoms with Crippen LogP contribution in [0.25, 0.3) is 0 Å². The van der Waals surface area contributed by atoms with Gasteiger partial charge in [-0.25, -0.2) is 4.79 Å². The van der Waals surface area contributed by atoms with E-state index in [1.807, 2.05) is 13.8 Å². The molecule has 2 N–H and O–H groups in total. The molecule has 2 aliphatic carbocycles. The van der Waals surface area contributed by atoms with E-state index < -0.39 is 23.8 Å². The number of carboxylic acid groups (broad SMARTS) is 1. The zero-order valence-electron chi connectivity index (χ0n) is 17.5. The van der Waals surface area contributed by atoms with Crippen LogP contribution in [0, 0.1) is 17.8 Å². The SMILES string of the molecule is CCC1CCc2c(sc(NC(=O)C3CCCCC3C(=O)O)c2C(=O)OC(C)C)C1. The normalized spacial score (nSPS) is 24.1. The van der Waals surface area contributed by atoms with E-state index >= 15 is 0 Å². The van der Waals surface area contributed by atoms with Crippen molar-refractivity contribution in [3.8, 4) is 0 Å². The van der Waals surface area contributed by atoms with Gasteiger partial charge in [-0.15, -0.1) is 11.3 Å². The Morgan fingerprint density at radius 3 is 2.48 bits per heavy atom. The number of thiophene rings is 1. The summed E-state index contributed by atoms with van der Waals surface area (Å²) >= 11 is 1.46. The number of anilines is 1. The van der Waals surface area contributed by atoms with Crippen LogP contribution in [0.15, 0.2) is 0 Å². The fraction of sp³-hybridized carbons (Fsp3) is 0.682. The van der Waals surface area contributed by atoms with Crippen LogP contribution < -0.4 is 5.32 Å². The molecule has 1 heterocycles. The van der Waals surface area contributed by atoms with E-state index in [0.29, 0.717) is 29.3 Å². The van der Waals surface area contributed by atoms with Gasteiger partial charge in [-0.2, -0.15) is 0 Å². The molecule has 0 spiro atoms. The fourth-order valence-corrected chi connectivity index (χ4v) is 5.88. The maximum absolute atomic E-state index is 13.0. The van der Waals surface area contributed by atoms with Crippen molar-refractivity contribution in [3.63, 3.8) is 0 Å². The number of ether oxygens (including phenoxy) is 1. The van der Waals surface area contributed by atoms with Gasteiger partial charge in [0.25, 0.3) is 0 Å². The highest BCUT2D eigenvalue weighted by Gasteiger charge is 2.37. The molecule has 2 aliphatic rings. The number of carbonyl (C=O) groups is 3. The van der Waals surface area contributed by atoms with Crippen LogP contribution in [0.1, 0.15) is 80.1 Å². The van der Waals surface area contributed by atoms with E-state index in [1.54, 1.807) is 0 Å². The van der Waals surface area contributed by atoms with Crippen molar-refractivity contribution >= 4 is 34.2 Å². The van der Waals surface area contributed by atoms with Gasteiger partial charge in [0.15, 0.2) is 0 Å². The number of amides is 1. The number of rotatable bonds is 6. The minimum absolute atomic E-state index is 0.247. The molecule has 3 rings (SSSR count). The number of hydrogen-bond donors (Lipinski definition) is 2. The Bertz CT molecular complexity index is 784. The summed E-state index contributed by atoms with van der Waals surface area (Å²) in [5.41, 5.74) is 1.48. The Hall–Kier alpha value is -1.89. The van der Waals surface area contributed by atoms with Crippen LogP contribution in [0.2, 0.25) is 0 Å². The highest BCUT2D eigenvalue weighted by Crippen LogP contribution is 2.41. The average Bonchev–Trinajstić information content (AvgIpc) is 3.04. The molecule has 1 amide bonds. The van der Waals surface area contributed by atoms with Gasteiger partial charge >= 0.3 is 11.9 Å². The molecule has 1 saturated carbocycles. The van der Waals surface area contributed by atoms with Crippen molar-refractivity contribution in [1.82, 2.24) is 0 Å². The van der Waals surface area contributed by atoms with E-state index in [-0.39, 0.29) is 12.0 Å². The van der Waals surface area contributed by atoms with Crippen molar-refractivity contribution in [2.75, 3.05) is 5.32 Å². The van der Waals surface area contributed by atoms with Crippen molar-refractivity contribution in [3.05, 3.63) is 16.0 Å². The molecule has 29 heavy (non-hydrogen) atoms. The van der Waals surface area contributed by atoms with Crippen LogP contribution in [0.4, 0.5) is 5.00 Å². The first-order valence-electron chi connectivity index (χ1n) is 10.7. The van der Waals surface area contributed by atoms with Crippen molar-refractivity contribution in [1.29, 1.82) is 0 Å². The molecule has 0 radical (unpaired) electrons. The van der Waals surface area contributed by atoms with Crippen molar-refractivity contribution in [2.24, 2.45) is 17.8 Å². The highest BCUT2D eigenvalue weighted by atomic mass is 32.1. The second-order valence-corrected chi connectivity index (χ2v) is 9.61. The Balaban J connectivity index is 1.89. The standard InChI is InChI=1S/C22H31NO5S/c1-4-13-9-10-16-17(11-13)29-20(18(16)22(27)28-12(2)3)23-19(24)14-7-5-6-8-15(14)21(25)26/h12-15H,4-11H2,1-3H3,(H,23,24)(H,25,26). The molecule has 160 valence electrons. The summed E-state index contributed by atoms with van der Waals surface area (Å²) in [7, 11) is 0. The van der Waals surface area contributed by atoms with Gasteiger partial charge in [0, 0.05) is 4.88 Å². The van der Waals surface area contributed by atoms with Gasteiger partial charge in [0.1, 0.15) is 5.00 Å². The topological polar surface area (TPSA) is 92.7 Å². The smallest absolute Gasteiger partial charge is 0.341 e. The summed E-state index contributed by atoms with van der Waals surface area (Å²) in [5.74, 6) is -2.23. The van der Waals surface area contributed by atoms with Gasteiger partial charge in [-0.05, 0) is 57.4 Å². The van der Waals surface area contributed by atoms with Crippen LogP contribution in [-0.2, 0) is 27.2 Å². The summed E-state index contributed by atoms with van der Waals surface area (Å²) in [5, 5.41) is 13.0. The molecule has 0 bridgehead atoms. The third-order valence-electron chi connectivity index (χ3n) is 6.15. The molecule has 3 unspecified atom stereocenters. The Kier molecular flexibility index (Phi) is 6.98. The predicted molar refractivity (Wildman–Crippen MR) is 112 cm³/mol. The first kappa shape index (κ1) is 21.8. The maximum atomic E-state index is 13.0. The molecule has 1 fully saturated rings. The number of carbonyl (C=O) groups excluding carboxylic acids is 2. The Morgan fingerprint density at radius 1 is 1.17 bits per heavy atom. The summed E-state index contributed by atoms with van der Waals surface area (Å²) in [6.45, 7) is 5.79. The molecule has 1 aromatic heterocycles. The van der Waals surface area contributed by atoms with Gasteiger partial charge in [0.05, 0.1) is 23.5 Å². The first-order chi connectivity index (χ1) is 13.8. The minimum Gasteiger partial charge on any atom is -0.481 e. The van der Waals surface area contributed by atoms with E-state index in [9.17, 15) is 19.5 Å². The number of fused-ring (bicyclic) bond motifs is 1. The maximum Gasteiger partial charge on any atom is 0.341 e. The highest BCUT2D eigenvalue weighted by molar-refractivity contribution is 7.17. The molecule has 0 aromatic carbocycles. The fourth-order valence-electron chi connectivity index (χ4n) is 4.52. The van der Waals surface area contributed by atoms with Crippen molar-refractivity contribution < 1.29 is 24.2 Å². The zero-order valence-corrected chi connectivity index (χ0v) is 18.3. The molecule has 1 aromatic rings. The number of hydrogen-bond acceptors (Lipinski definition) is 5. The van der Waals surface area contributed by atoms with Gasteiger partial charge < -0.3 is 15.2 Å². The first-order valence-corrected chi connectivity index (χ1v) is 11.5.